The maximum absolute atomic E-state index is 13.3. The predicted octanol–water partition coefficient (Wildman–Crippen LogP) is 3.56. The van der Waals surface area contributed by atoms with Gasteiger partial charge in [-0.2, -0.15) is 0 Å². The van der Waals surface area contributed by atoms with Gasteiger partial charge in [0.2, 0.25) is 0 Å². The van der Waals surface area contributed by atoms with E-state index in [1.54, 1.807) is 36.7 Å². The van der Waals surface area contributed by atoms with E-state index in [0.29, 0.717) is 28.8 Å². The Labute approximate surface area is 157 Å². The van der Waals surface area contributed by atoms with Gasteiger partial charge in [-0.1, -0.05) is 12.1 Å². The van der Waals surface area contributed by atoms with Crippen LogP contribution in [0.2, 0.25) is 0 Å². The van der Waals surface area contributed by atoms with Gasteiger partial charge < -0.3 is 5.73 Å². The van der Waals surface area contributed by atoms with Gasteiger partial charge in [-0.3, -0.25) is 14.6 Å². The van der Waals surface area contributed by atoms with Gasteiger partial charge in [0.15, 0.2) is 0 Å². The number of amides is 1. The van der Waals surface area contributed by atoms with Crippen LogP contribution in [0.25, 0.3) is 0 Å². The molecule has 27 heavy (non-hydrogen) atoms. The summed E-state index contributed by atoms with van der Waals surface area (Å²) in [6.07, 6.45) is 3.89. The summed E-state index contributed by atoms with van der Waals surface area (Å²) in [5.74, 6) is -0.749. The molecule has 3 N–H and O–H groups in total. The molecule has 0 aliphatic rings. The van der Waals surface area contributed by atoms with E-state index in [9.17, 15) is 9.18 Å². The van der Waals surface area contributed by atoms with Crippen molar-refractivity contribution >= 4 is 11.6 Å². The molecule has 3 rings (SSSR count). The average molecular weight is 365 g/mol. The second kappa shape index (κ2) is 8.42. The van der Waals surface area contributed by atoms with Crippen LogP contribution in [0.15, 0.2) is 60.9 Å². The Morgan fingerprint density at radius 1 is 1.19 bits per heavy atom. The topological polar surface area (TPSA) is 77.2 Å². The van der Waals surface area contributed by atoms with E-state index in [4.69, 9.17) is 10.6 Å². The number of nitrogens with two attached hydrogens (primary N) is 1. The maximum Gasteiger partial charge on any atom is 0.275 e. The molecule has 0 spiro atoms. The van der Waals surface area contributed by atoms with Gasteiger partial charge in [0.05, 0.1) is 0 Å². The van der Waals surface area contributed by atoms with Gasteiger partial charge in [0.25, 0.3) is 5.91 Å². The highest BCUT2D eigenvalue weighted by Crippen LogP contribution is 2.21. The van der Waals surface area contributed by atoms with E-state index < -0.39 is 5.91 Å². The molecule has 5 nitrogen and oxygen atoms in total. The molecule has 1 amide bonds. The number of benzene rings is 2. The van der Waals surface area contributed by atoms with Gasteiger partial charge in [0.1, 0.15) is 12.4 Å². The molecule has 0 radical (unpaired) electrons. The van der Waals surface area contributed by atoms with E-state index in [1.807, 2.05) is 19.1 Å². The average Bonchev–Trinajstić information content (AvgIpc) is 2.67. The maximum atomic E-state index is 13.3. The SMILES string of the molecule is Cc1ccc(F)cc1CONC(=O)c1cccc(N)c1Cc1ccncc1. The number of hydrogen-bond acceptors (Lipinski definition) is 4. The number of aryl methyl sites for hydroxylation is 1. The molecular weight excluding hydrogens is 345 g/mol. The lowest BCUT2D eigenvalue weighted by Gasteiger charge is -2.13. The van der Waals surface area contributed by atoms with E-state index in [2.05, 4.69) is 10.5 Å². The lowest BCUT2D eigenvalue weighted by atomic mass is 9.98. The van der Waals surface area contributed by atoms with Crippen LogP contribution in [-0.4, -0.2) is 10.9 Å². The molecule has 1 aromatic heterocycles. The lowest BCUT2D eigenvalue weighted by Crippen LogP contribution is -2.25. The summed E-state index contributed by atoms with van der Waals surface area (Å²) in [4.78, 5) is 21.9. The van der Waals surface area contributed by atoms with Crippen LogP contribution < -0.4 is 11.2 Å². The Balaban J connectivity index is 1.71. The Bertz CT molecular complexity index is 945. The Morgan fingerprint density at radius 3 is 2.74 bits per heavy atom. The van der Waals surface area contributed by atoms with Gasteiger partial charge in [-0.25, -0.2) is 9.87 Å². The minimum atomic E-state index is -0.402. The number of rotatable bonds is 6. The van der Waals surface area contributed by atoms with Crippen LogP contribution in [0.4, 0.5) is 10.1 Å². The van der Waals surface area contributed by atoms with Crippen molar-refractivity contribution in [2.45, 2.75) is 20.0 Å². The number of carbonyl (C=O) groups excluding carboxylic acids is 1. The van der Waals surface area contributed by atoms with E-state index in [-0.39, 0.29) is 12.4 Å². The standard InChI is InChI=1S/C21H20FN3O2/c1-14-5-6-17(22)12-16(14)13-27-25-21(26)18-3-2-4-20(23)19(18)11-15-7-9-24-10-8-15/h2-10,12H,11,13,23H2,1H3,(H,25,26). The van der Waals surface area contributed by atoms with Crippen molar-refractivity contribution in [3.05, 3.63) is 94.6 Å². The number of hydrogen-bond donors (Lipinski definition) is 2. The fourth-order valence-electron chi connectivity index (χ4n) is 2.75. The zero-order chi connectivity index (χ0) is 19.2. The van der Waals surface area contributed by atoms with E-state index in [0.717, 1.165) is 11.1 Å². The molecule has 6 heteroatoms. The van der Waals surface area contributed by atoms with Crippen molar-refractivity contribution in [2.24, 2.45) is 0 Å². The first-order valence-electron chi connectivity index (χ1n) is 8.48. The summed E-state index contributed by atoms with van der Waals surface area (Å²) in [7, 11) is 0. The first-order valence-corrected chi connectivity index (χ1v) is 8.48. The highest BCUT2D eigenvalue weighted by molar-refractivity contribution is 5.96. The number of nitrogen functional groups attached to an aromatic ring is 1. The quantitative estimate of drug-likeness (QED) is 0.517. The Hall–Kier alpha value is -3.25. The minimum Gasteiger partial charge on any atom is -0.398 e. The van der Waals surface area contributed by atoms with Crippen molar-refractivity contribution in [1.29, 1.82) is 0 Å². The number of nitrogens with zero attached hydrogens (tertiary/aromatic N) is 1. The molecule has 0 saturated carbocycles. The van der Waals surface area contributed by atoms with Crippen LogP contribution in [-0.2, 0) is 17.9 Å². The number of hydroxylamine groups is 1. The molecule has 138 valence electrons. The highest BCUT2D eigenvalue weighted by atomic mass is 19.1. The third-order valence-electron chi connectivity index (χ3n) is 4.29. The fraction of sp³-hybridized carbons (Fsp3) is 0.143. The number of halogens is 1. The highest BCUT2D eigenvalue weighted by Gasteiger charge is 2.14. The normalized spacial score (nSPS) is 10.6. The van der Waals surface area contributed by atoms with Crippen molar-refractivity contribution in [3.63, 3.8) is 0 Å². The van der Waals surface area contributed by atoms with Crippen LogP contribution >= 0.6 is 0 Å². The van der Waals surface area contributed by atoms with Crippen molar-refractivity contribution in [2.75, 3.05) is 5.73 Å². The third kappa shape index (κ3) is 4.68. The Morgan fingerprint density at radius 2 is 1.96 bits per heavy atom. The number of anilines is 1. The van der Waals surface area contributed by atoms with Gasteiger partial charge in [-0.15, -0.1) is 0 Å². The second-order valence-corrected chi connectivity index (χ2v) is 6.20. The molecule has 0 aliphatic heterocycles. The summed E-state index contributed by atoms with van der Waals surface area (Å²) in [5.41, 5.74) is 12.7. The second-order valence-electron chi connectivity index (χ2n) is 6.20. The fourth-order valence-corrected chi connectivity index (χ4v) is 2.75. The van der Waals surface area contributed by atoms with Crippen molar-refractivity contribution < 1.29 is 14.0 Å². The minimum absolute atomic E-state index is 0.0668. The molecule has 0 unspecified atom stereocenters. The van der Waals surface area contributed by atoms with Crippen molar-refractivity contribution in [3.8, 4) is 0 Å². The zero-order valence-electron chi connectivity index (χ0n) is 14.9. The molecular formula is C21H20FN3O2. The van der Waals surface area contributed by atoms with Crippen LogP contribution in [0.5, 0.6) is 0 Å². The Kier molecular flexibility index (Phi) is 5.78. The van der Waals surface area contributed by atoms with Crippen LogP contribution in [0.1, 0.15) is 32.6 Å². The van der Waals surface area contributed by atoms with Crippen molar-refractivity contribution in [1.82, 2.24) is 10.5 Å². The molecule has 3 aromatic rings. The molecule has 2 aromatic carbocycles. The molecule has 0 bridgehead atoms. The number of carbonyl (C=O) groups is 1. The first kappa shape index (κ1) is 18.5. The van der Waals surface area contributed by atoms with E-state index >= 15 is 0 Å². The molecule has 0 atom stereocenters. The van der Waals surface area contributed by atoms with Gasteiger partial charge >= 0.3 is 0 Å². The van der Waals surface area contributed by atoms with E-state index in [1.165, 1.54) is 12.1 Å². The number of pyridine rings is 1. The molecule has 0 saturated heterocycles. The molecule has 0 fully saturated rings. The summed E-state index contributed by atoms with van der Waals surface area (Å²) in [6.45, 7) is 1.92. The lowest BCUT2D eigenvalue weighted by molar-refractivity contribution is 0.0230. The predicted molar refractivity (Wildman–Crippen MR) is 101 cm³/mol. The smallest absolute Gasteiger partial charge is 0.275 e. The summed E-state index contributed by atoms with van der Waals surface area (Å²) < 4.78 is 13.3. The van der Waals surface area contributed by atoms with Crippen LogP contribution in [0, 0.1) is 12.7 Å². The number of aromatic nitrogens is 1. The monoisotopic (exact) mass is 365 g/mol. The largest absolute Gasteiger partial charge is 0.398 e. The summed E-state index contributed by atoms with van der Waals surface area (Å²) >= 11 is 0. The zero-order valence-corrected chi connectivity index (χ0v) is 14.9. The van der Waals surface area contributed by atoms with Crippen LogP contribution in [0.3, 0.4) is 0 Å². The molecule has 1 heterocycles. The first-order chi connectivity index (χ1) is 13.0. The van der Waals surface area contributed by atoms with Gasteiger partial charge in [0, 0.05) is 30.1 Å². The molecule has 0 aliphatic carbocycles. The summed E-state index contributed by atoms with van der Waals surface area (Å²) in [6, 6.07) is 13.3. The van der Waals surface area contributed by atoms with Gasteiger partial charge in [-0.05, 0) is 65.6 Å². The number of nitrogens with one attached hydrogen (secondary N) is 1. The third-order valence-corrected chi connectivity index (χ3v) is 4.29. The summed E-state index contributed by atoms with van der Waals surface area (Å²) in [5, 5.41) is 0.